The van der Waals surface area contributed by atoms with Crippen molar-refractivity contribution in [2.24, 2.45) is 0 Å². The number of carbonyl (C=O) groups excluding carboxylic acids is 1. The van der Waals surface area contributed by atoms with Gasteiger partial charge in [-0.3, -0.25) is 9.78 Å². The summed E-state index contributed by atoms with van der Waals surface area (Å²) in [4.78, 5) is 15.9. The summed E-state index contributed by atoms with van der Waals surface area (Å²) in [5.74, 6) is -0.276. The molecular formula is C16H12FN3O2. The summed E-state index contributed by atoms with van der Waals surface area (Å²) < 4.78 is 18.4. The number of amides is 1. The van der Waals surface area contributed by atoms with E-state index in [0.717, 1.165) is 0 Å². The number of hydrogen-bond acceptors (Lipinski definition) is 4. The average molecular weight is 297 g/mol. The molecule has 5 nitrogen and oxygen atoms in total. The largest absolute Gasteiger partial charge is 0.355 e. The molecule has 1 aromatic carbocycles. The summed E-state index contributed by atoms with van der Waals surface area (Å²) in [6, 6.07) is 9.42. The van der Waals surface area contributed by atoms with E-state index in [-0.39, 0.29) is 17.4 Å². The van der Waals surface area contributed by atoms with Crippen LogP contribution in [0.5, 0.6) is 0 Å². The molecule has 0 spiro atoms. The summed E-state index contributed by atoms with van der Waals surface area (Å²) in [5, 5.41) is 6.43. The van der Waals surface area contributed by atoms with Crippen molar-refractivity contribution in [3.8, 4) is 11.3 Å². The zero-order valence-corrected chi connectivity index (χ0v) is 11.7. The van der Waals surface area contributed by atoms with Crippen LogP contribution in [-0.4, -0.2) is 16.0 Å². The van der Waals surface area contributed by atoms with Gasteiger partial charge in [0.25, 0.3) is 5.91 Å². The Hall–Kier alpha value is -3.02. The smallest absolute Gasteiger partial charge is 0.277 e. The molecule has 6 heteroatoms. The highest BCUT2D eigenvalue weighted by Gasteiger charge is 2.14. The number of halogens is 1. The lowest BCUT2D eigenvalue weighted by molar-refractivity contribution is 0.101. The third kappa shape index (κ3) is 2.85. The Morgan fingerprint density at radius 1 is 1.18 bits per heavy atom. The molecule has 0 aliphatic rings. The summed E-state index contributed by atoms with van der Waals surface area (Å²) in [6.45, 7) is 1.66. The Kier molecular flexibility index (Phi) is 3.65. The second kappa shape index (κ2) is 5.77. The fraction of sp³-hybridized carbons (Fsp3) is 0.0625. The minimum absolute atomic E-state index is 0.147. The molecule has 3 rings (SSSR count). The highest BCUT2D eigenvalue weighted by atomic mass is 19.1. The van der Waals surface area contributed by atoms with Crippen LogP contribution in [-0.2, 0) is 0 Å². The van der Waals surface area contributed by atoms with Crippen LogP contribution in [0.25, 0.3) is 11.3 Å². The standard InChI is InChI=1S/C16H12FN3O2/c1-10-8-11(2-3-13(10)17)15-9-14(20-22-15)16(21)19-12-4-6-18-7-5-12/h2-9H,1H3,(H,18,19,21). The fourth-order valence-electron chi connectivity index (χ4n) is 1.95. The number of anilines is 1. The van der Waals surface area contributed by atoms with E-state index in [9.17, 15) is 9.18 Å². The third-order valence-electron chi connectivity index (χ3n) is 3.12. The Morgan fingerprint density at radius 2 is 1.95 bits per heavy atom. The fourth-order valence-corrected chi connectivity index (χ4v) is 1.95. The minimum Gasteiger partial charge on any atom is -0.355 e. The molecule has 0 saturated heterocycles. The maximum absolute atomic E-state index is 13.3. The summed E-state index contributed by atoms with van der Waals surface area (Å²) in [7, 11) is 0. The lowest BCUT2D eigenvalue weighted by atomic mass is 10.1. The normalized spacial score (nSPS) is 10.5. The van der Waals surface area contributed by atoms with Gasteiger partial charge in [-0.15, -0.1) is 0 Å². The van der Waals surface area contributed by atoms with Crippen molar-refractivity contribution in [2.45, 2.75) is 6.92 Å². The first-order chi connectivity index (χ1) is 10.6. The predicted octanol–water partition coefficient (Wildman–Crippen LogP) is 3.44. The molecule has 0 unspecified atom stereocenters. The molecule has 0 aliphatic heterocycles. The molecule has 0 saturated carbocycles. The van der Waals surface area contributed by atoms with Gasteiger partial charge >= 0.3 is 0 Å². The first-order valence-electron chi connectivity index (χ1n) is 6.58. The van der Waals surface area contributed by atoms with Gasteiger partial charge < -0.3 is 9.84 Å². The van der Waals surface area contributed by atoms with Crippen molar-refractivity contribution in [1.82, 2.24) is 10.1 Å². The zero-order chi connectivity index (χ0) is 15.5. The molecule has 0 aliphatic carbocycles. The number of carbonyl (C=O) groups is 1. The number of nitrogens with zero attached hydrogens (tertiary/aromatic N) is 2. The third-order valence-corrected chi connectivity index (χ3v) is 3.12. The molecule has 0 fully saturated rings. The van der Waals surface area contributed by atoms with E-state index in [1.54, 1.807) is 43.6 Å². The maximum Gasteiger partial charge on any atom is 0.277 e. The molecular weight excluding hydrogens is 285 g/mol. The van der Waals surface area contributed by atoms with Crippen molar-refractivity contribution in [3.05, 3.63) is 65.9 Å². The van der Waals surface area contributed by atoms with Gasteiger partial charge in [-0.05, 0) is 42.8 Å². The van der Waals surface area contributed by atoms with Gasteiger partial charge in [0.1, 0.15) is 5.82 Å². The van der Waals surface area contributed by atoms with Crippen molar-refractivity contribution in [3.63, 3.8) is 0 Å². The van der Waals surface area contributed by atoms with Crippen molar-refractivity contribution >= 4 is 11.6 Å². The number of pyridine rings is 1. The lowest BCUT2D eigenvalue weighted by Gasteiger charge is -2.00. The van der Waals surface area contributed by atoms with E-state index in [1.165, 1.54) is 12.1 Å². The highest BCUT2D eigenvalue weighted by molar-refractivity contribution is 6.03. The number of rotatable bonds is 3. The van der Waals surface area contributed by atoms with E-state index in [0.29, 0.717) is 22.6 Å². The summed E-state index contributed by atoms with van der Waals surface area (Å²) >= 11 is 0. The van der Waals surface area contributed by atoms with Crippen LogP contribution >= 0.6 is 0 Å². The second-order valence-corrected chi connectivity index (χ2v) is 4.73. The maximum atomic E-state index is 13.3. The molecule has 2 aromatic heterocycles. The predicted molar refractivity (Wildman–Crippen MR) is 78.8 cm³/mol. The van der Waals surface area contributed by atoms with Crippen molar-refractivity contribution < 1.29 is 13.7 Å². The van der Waals surface area contributed by atoms with Gasteiger partial charge in [-0.25, -0.2) is 4.39 Å². The van der Waals surface area contributed by atoms with Gasteiger partial charge in [-0.1, -0.05) is 5.16 Å². The molecule has 2 heterocycles. The summed E-state index contributed by atoms with van der Waals surface area (Å²) in [5.41, 5.74) is 1.92. The lowest BCUT2D eigenvalue weighted by Crippen LogP contribution is -2.11. The van der Waals surface area contributed by atoms with Gasteiger partial charge in [0.05, 0.1) is 0 Å². The number of benzene rings is 1. The Bertz CT molecular complexity index is 815. The first kappa shape index (κ1) is 13.9. The van der Waals surface area contributed by atoms with E-state index < -0.39 is 0 Å². The van der Waals surface area contributed by atoms with Crippen molar-refractivity contribution in [1.29, 1.82) is 0 Å². The number of nitrogens with one attached hydrogen (secondary N) is 1. The Morgan fingerprint density at radius 3 is 2.68 bits per heavy atom. The van der Waals surface area contributed by atoms with Gasteiger partial charge in [0, 0.05) is 29.7 Å². The van der Waals surface area contributed by atoms with Gasteiger partial charge in [0.15, 0.2) is 11.5 Å². The van der Waals surface area contributed by atoms with Crippen LogP contribution in [0.15, 0.2) is 53.3 Å². The monoisotopic (exact) mass is 297 g/mol. The van der Waals surface area contributed by atoms with Crippen LogP contribution in [0.4, 0.5) is 10.1 Å². The molecule has 0 radical (unpaired) electrons. The van der Waals surface area contributed by atoms with E-state index in [4.69, 9.17) is 4.52 Å². The molecule has 22 heavy (non-hydrogen) atoms. The molecule has 3 aromatic rings. The molecule has 1 N–H and O–H groups in total. The van der Waals surface area contributed by atoms with Crippen LogP contribution in [0.1, 0.15) is 16.1 Å². The number of hydrogen-bond donors (Lipinski definition) is 1. The van der Waals surface area contributed by atoms with Crippen LogP contribution < -0.4 is 5.32 Å². The van der Waals surface area contributed by atoms with E-state index in [2.05, 4.69) is 15.5 Å². The molecule has 1 amide bonds. The SMILES string of the molecule is Cc1cc(-c2cc(C(=O)Nc3ccncc3)no2)ccc1F. The Balaban J connectivity index is 1.81. The minimum atomic E-state index is -0.389. The molecule has 110 valence electrons. The first-order valence-corrected chi connectivity index (χ1v) is 6.58. The van der Waals surface area contributed by atoms with Crippen LogP contribution in [0.2, 0.25) is 0 Å². The zero-order valence-electron chi connectivity index (χ0n) is 11.7. The average Bonchev–Trinajstić information content (AvgIpc) is 3.01. The number of aryl methyl sites for hydroxylation is 1. The molecule has 0 bridgehead atoms. The van der Waals surface area contributed by atoms with Gasteiger partial charge in [-0.2, -0.15) is 0 Å². The van der Waals surface area contributed by atoms with Crippen LogP contribution in [0.3, 0.4) is 0 Å². The summed E-state index contributed by atoms with van der Waals surface area (Å²) in [6.07, 6.45) is 3.15. The van der Waals surface area contributed by atoms with Gasteiger partial charge in [0.2, 0.25) is 0 Å². The van der Waals surface area contributed by atoms with Crippen LogP contribution in [0, 0.1) is 12.7 Å². The van der Waals surface area contributed by atoms with E-state index >= 15 is 0 Å². The van der Waals surface area contributed by atoms with E-state index in [1.807, 2.05) is 0 Å². The number of aromatic nitrogens is 2. The molecule has 0 atom stereocenters. The quantitative estimate of drug-likeness (QED) is 0.804. The van der Waals surface area contributed by atoms with Crippen molar-refractivity contribution in [2.75, 3.05) is 5.32 Å². The topological polar surface area (TPSA) is 68.0 Å². The highest BCUT2D eigenvalue weighted by Crippen LogP contribution is 2.23. The Labute approximate surface area is 125 Å². The second-order valence-electron chi connectivity index (χ2n) is 4.73.